The van der Waals surface area contributed by atoms with Gasteiger partial charge in [-0.2, -0.15) is 4.98 Å². The number of piperazine rings is 1. The second-order valence-corrected chi connectivity index (χ2v) is 7.58. The third-order valence-electron chi connectivity index (χ3n) is 4.76. The van der Waals surface area contributed by atoms with Crippen LogP contribution in [0, 0.1) is 0 Å². The summed E-state index contributed by atoms with van der Waals surface area (Å²) in [6, 6.07) is 8.31. The lowest BCUT2D eigenvalue weighted by atomic mass is 9.96. The molecule has 6 heteroatoms. The summed E-state index contributed by atoms with van der Waals surface area (Å²) in [5, 5.41) is 4.15. The van der Waals surface area contributed by atoms with Crippen LogP contribution in [-0.2, 0) is 5.41 Å². The molecular weight excluding hydrogens is 316 g/mol. The molecular formula is C19H28N4O2. The van der Waals surface area contributed by atoms with Gasteiger partial charge in [0.1, 0.15) is 5.75 Å². The monoisotopic (exact) mass is 344 g/mol. The number of para-hydroxylation sites is 2. The van der Waals surface area contributed by atoms with Crippen LogP contribution in [0.1, 0.15) is 45.5 Å². The molecule has 0 unspecified atom stereocenters. The fraction of sp³-hybridized carbons (Fsp3) is 0.579. The van der Waals surface area contributed by atoms with E-state index in [-0.39, 0.29) is 11.5 Å². The Balaban J connectivity index is 1.65. The average Bonchev–Trinajstić information content (AvgIpc) is 3.12. The maximum atomic E-state index is 5.52. The van der Waals surface area contributed by atoms with Crippen molar-refractivity contribution in [2.45, 2.75) is 39.2 Å². The van der Waals surface area contributed by atoms with Gasteiger partial charge in [0.15, 0.2) is 5.82 Å². The van der Waals surface area contributed by atoms with Crippen molar-refractivity contribution < 1.29 is 9.26 Å². The Morgan fingerprint density at radius 3 is 2.40 bits per heavy atom. The topological polar surface area (TPSA) is 54.6 Å². The van der Waals surface area contributed by atoms with E-state index in [1.807, 2.05) is 12.1 Å². The molecule has 0 N–H and O–H groups in total. The van der Waals surface area contributed by atoms with Gasteiger partial charge in [-0.3, -0.25) is 4.90 Å². The molecule has 0 spiro atoms. The van der Waals surface area contributed by atoms with Gasteiger partial charge in [0.05, 0.1) is 18.8 Å². The van der Waals surface area contributed by atoms with Crippen LogP contribution < -0.4 is 9.64 Å². The van der Waals surface area contributed by atoms with E-state index in [2.05, 4.69) is 59.8 Å². The molecule has 1 aliphatic heterocycles. The van der Waals surface area contributed by atoms with E-state index >= 15 is 0 Å². The summed E-state index contributed by atoms with van der Waals surface area (Å²) in [5.74, 6) is 2.40. The third kappa shape index (κ3) is 3.79. The van der Waals surface area contributed by atoms with E-state index in [4.69, 9.17) is 9.26 Å². The summed E-state index contributed by atoms with van der Waals surface area (Å²) >= 11 is 0. The highest BCUT2D eigenvalue weighted by molar-refractivity contribution is 5.58. The van der Waals surface area contributed by atoms with Gasteiger partial charge in [0, 0.05) is 31.6 Å². The van der Waals surface area contributed by atoms with Gasteiger partial charge in [-0.05, 0) is 19.1 Å². The van der Waals surface area contributed by atoms with Gasteiger partial charge < -0.3 is 14.2 Å². The molecule has 1 aromatic carbocycles. The molecule has 0 aliphatic carbocycles. The summed E-state index contributed by atoms with van der Waals surface area (Å²) < 4.78 is 11.0. The van der Waals surface area contributed by atoms with Crippen molar-refractivity contribution in [3.63, 3.8) is 0 Å². The van der Waals surface area contributed by atoms with Crippen molar-refractivity contribution in [1.29, 1.82) is 0 Å². The number of hydrogen-bond acceptors (Lipinski definition) is 6. The van der Waals surface area contributed by atoms with Crippen molar-refractivity contribution in [3.05, 3.63) is 36.0 Å². The van der Waals surface area contributed by atoms with Gasteiger partial charge in [0.25, 0.3) is 0 Å². The maximum absolute atomic E-state index is 5.52. The van der Waals surface area contributed by atoms with Crippen LogP contribution in [0.4, 0.5) is 5.69 Å². The van der Waals surface area contributed by atoms with Crippen LogP contribution in [0.15, 0.2) is 28.8 Å². The highest BCUT2D eigenvalue weighted by atomic mass is 16.5. The minimum Gasteiger partial charge on any atom is -0.495 e. The van der Waals surface area contributed by atoms with Gasteiger partial charge in [-0.15, -0.1) is 0 Å². The molecule has 1 aromatic heterocycles. The number of nitrogens with zero attached hydrogens (tertiary/aromatic N) is 4. The summed E-state index contributed by atoms with van der Waals surface area (Å²) in [6.45, 7) is 12.2. The van der Waals surface area contributed by atoms with E-state index < -0.39 is 0 Å². The Morgan fingerprint density at radius 2 is 1.80 bits per heavy atom. The second-order valence-electron chi connectivity index (χ2n) is 7.58. The molecule has 136 valence electrons. The number of benzene rings is 1. The lowest BCUT2D eigenvalue weighted by Crippen LogP contribution is -2.47. The van der Waals surface area contributed by atoms with Crippen LogP contribution in [-0.4, -0.2) is 48.3 Å². The van der Waals surface area contributed by atoms with Gasteiger partial charge in [-0.1, -0.05) is 38.1 Å². The largest absolute Gasteiger partial charge is 0.495 e. The van der Waals surface area contributed by atoms with Crippen LogP contribution in [0.5, 0.6) is 5.75 Å². The summed E-state index contributed by atoms with van der Waals surface area (Å²) in [4.78, 5) is 9.37. The second kappa shape index (κ2) is 7.04. The maximum Gasteiger partial charge on any atom is 0.243 e. The fourth-order valence-electron chi connectivity index (χ4n) is 3.11. The van der Waals surface area contributed by atoms with Crippen molar-refractivity contribution >= 4 is 5.69 Å². The van der Waals surface area contributed by atoms with Crippen LogP contribution in [0.25, 0.3) is 0 Å². The lowest BCUT2D eigenvalue weighted by molar-refractivity contribution is 0.164. The molecule has 2 heterocycles. The van der Waals surface area contributed by atoms with Gasteiger partial charge >= 0.3 is 0 Å². The molecule has 2 aromatic rings. The zero-order valence-electron chi connectivity index (χ0n) is 15.8. The van der Waals surface area contributed by atoms with E-state index in [0.717, 1.165) is 43.4 Å². The molecule has 25 heavy (non-hydrogen) atoms. The molecule has 1 aliphatic rings. The van der Waals surface area contributed by atoms with Crippen LogP contribution in [0.2, 0.25) is 0 Å². The molecule has 6 nitrogen and oxygen atoms in total. The van der Waals surface area contributed by atoms with Crippen molar-refractivity contribution in [2.75, 3.05) is 38.2 Å². The molecule has 3 rings (SSSR count). The first-order valence-corrected chi connectivity index (χ1v) is 8.86. The zero-order valence-corrected chi connectivity index (χ0v) is 15.8. The standard InChI is InChI=1S/C19H28N4O2/c1-14(17-20-18(21-25-17)19(2,3)4)22-10-12-23(13-11-22)15-8-6-7-9-16(15)24-5/h6-9,14H,10-13H2,1-5H3/t14-/m1/s1. The number of anilines is 1. The number of rotatable bonds is 4. The zero-order chi connectivity index (χ0) is 18.0. The molecule has 0 amide bonds. The van der Waals surface area contributed by atoms with Crippen LogP contribution >= 0.6 is 0 Å². The third-order valence-corrected chi connectivity index (χ3v) is 4.76. The molecule has 0 saturated carbocycles. The first-order valence-electron chi connectivity index (χ1n) is 8.86. The summed E-state index contributed by atoms with van der Waals surface area (Å²) in [5.41, 5.74) is 1.06. The van der Waals surface area contributed by atoms with Gasteiger partial charge in [0.2, 0.25) is 5.89 Å². The minimum absolute atomic E-state index is 0.0932. The Morgan fingerprint density at radius 1 is 1.12 bits per heavy atom. The Labute approximate surface area is 149 Å². The predicted octanol–water partition coefficient (Wildman–Crippen LogP) is 3.26. The average molecular weight is 344 g/mol. The predicted molar refractivity (Wildman–Crippen MR) is 98.2 cm³/mol. The summed E-state index contributed by atoms with van der Waals surface area (Å²) in [7, 11) is 1.72. The molecule has 0 radical (unpaired) electrons. The Bertz CT molecular complexity index is 699. The number of aromatic nitrogens is 2. The minimum atomic E-state index is -0.0932. The summed E-state index contributed by atoms with van der Waals surface area (Å²) in [6.07, 6.45) is 0. The molecule has 0 bridgehead atoms. The Hall–Kier alpha value is -2.08. The van der Waals surface area contributed by atoms with Crippen molar-refractivity contribution in [1.82, 2.24) is 15.0 Å². The molecule has 1 fully saturated rings. The fourth-order valence-corrected chi connectivity index (χ4v) is 3.11. The molecule has 1 saturated heterocycles. The van der Waals surface area contributed by atoms with E-state index in [9.17, 15) is 0 Å². The normalized spacial score (nSPS) is 17.6. The smallest absolute Gasteiger partial charge is 0.243 e. The van der Waals surface area contributed by atoms with Gasteiger partial charge in [-0.25, -0.2) is 0 Å². The van der Waals surface area contributed by atoms with Crippen LogP contribution in [0.3, 0.4) is 0 Å². The number of methoxy groups -OCH3 is 1. The highest BCUT2D eigenvalue weighted by Gasteiger charge is 2.28. The lowest BCUT2D eigenvalue weighted by Gasteiger charge is -2.38. The Kier molecular flexibility index (Phi) is 4.99. The first kappa shape index (κ1) is 17.7. The highest BCUT2D eigenvalue weighted by Crippen LogP contribution is 2.30. The van der Waals surface area contributed by atoms with E-state index in [1.54, 1.807) is 7.11 Å². The SMILES string of the molecule is COc1ccccc1N1CCN([C@H](C)c2nc(C(C)(C)C)no2)CC1. The number of hydrogen-bond donors (Lipinski definition) is 0. The number of ether oxygens (including phenoxy) is 1. The first-order chi connectivity index (χ1) is 11.9. The van der Waals surface area contributed by atoms with E-state index in [1.165, 1.54) is 0 Å². The van der Waals surface area contributed by atoms with Crippen molar-refractivity contribution in [2.24, 2.45) is 0 Å². The van der Waals surface area contributed by atoms with Crippen molar-refractivity contribution in [3.8, 4) is 5.75 Å². The van der Waals surface area contributed by atoms with E-state index in [0.29, 0.717) is 5.89 Å². The molecule has 1 atom stereocenters. The quantitative estimate of drug-likeness (QED) is 0.848.